The summed E-state index contributed by atoms with van der Waals surface area (Å²) in [5, 5.41) is 9.12. The van der Waals surface area contributed by atoms with Gasteiger partial charge in [0.05, 0.1) is 17.5 Å². The van der Waals surface area contributed by atoms with Crippen molar-refractivity contribution in [1.29, 1.82) is 0 Å². The van der Waals surface area contributed by atoms with E-state index in [0.29, 0.717) is 0 Å². The summed E-state index contributed by atoms with van der Waals surface area (Å²) in [4.78, 5) is 19.8. The standard InChI is InChI=1S/C17H17N3O2/c1-11-3-4-15-14(9-11)19-17(13-5-7-18-8-6-13)20(15)12(2)10-16(21)22/h3-9,12H,10H2,1-2H3,(H,21,22). The topological polar surface area (TPSA) is 68.0 Å². The van der Waals surface area contributed by atoms with Gasteiger partial charge in [0.15, 0.2) is 0 Å². The first-order valence-electron chi connectivity index (χ1n) is 7.17. The minimum absolute atomic E-state index is 0.0530. The van der Waals surface area contributed by atoms with E-state index in [4.69, 9.17) is 10.1 Å². The monoisotopic (exact) mass is 295 g/mol. The lowest BCUT2D eigenvalue weighted by Crippen LogP contribution is -2.11. The molecule has 0 aliphatic heterocycles. The molecule has 0 bridgehead atoms. The van der Waals surface area contributed by atoms with Crippen molar-refractivity contribution in [2.75, 3.05) is 0 Å². The molecule has 1 atom stereocenters. The molecule has 2 aromatic heterocycles. The summed E-state index contributed by atoms with van der Waals surface area (Å²) in [6.45, 7) is 3.92. The Morgan fingerprint density at radius 2 is 2.00 bits per heavy atom. The van der Waals surface area contributed by atoms with Crippen molar-refractivity contribution >= 4 is 17.0 Å². The number of hydrogen-bond acceptors (Lipinski definition) is 3. The number of carboxylic acids is 1. The average molecular weight is 295 g/mol. The van der Waals surface area contributed by atoms with Crippen LogP contribution in [0, 0.1) is 6.92 Å². The molecule has 5 heteroatoms. The highest BCUT2D eigenvalue weighted by Gasteiger charge is 2.19. The van der Waals surface area contributed by atoms with E-state index in [0.717, 1.165) is 28.0 Å². The van der Waals surface area contributed by atoms with Gasteiger partial charge in [0, 0.05) is 24.0 Å². The van der Waals surface area contributed by atoms with Crippen LogP contribution in [-0.4, -0.2) is 25.6 Å². The third kappa shape index (κ3) is 2.57. The first-order valence-corrected chi connectivity index (χ1v) is 7.17. The van der Waals surface area contributed by atoms with Crippen LogP contribution in [0.5, 0.6) is 0 Å². The fraction of sp³-hybridized carbons (Fsp3) is 0.235. The van der Waals surface area contributed by atoms with E-state index in [1.165, 1.54) is 0 Å². The number of hydrogen-bond donors (Lipinski definition) is 1. The molecule has 112 valence electrons. The molecule has 2 heterocycles. The Labute approximate surface area is 128 Å². The molecule has 0 aliphatic carbocycles. The van der Waals surface area contributed by atoms with Crippen molar-refractivity contribution in [3.8, 4) is 11.4 Å². The van der Waals surface area contributed by atoms with E-state index in [2.05, 4.69) is 4.98 Å². The molecule has 22 heavy (non-hydrogen) atoms. The normalized spacial score (nSPS) is 12.5. The summed E-state index contributed by atoms with van der Waals surface area (Å²) < 4.78 is 2.00. The number of pyridine rings is 1. The third-order valence-corrected chi connectivity index (χ3v) is 3.69. The van der Waals surface area contributed by atoms with Crippen LogP contribution in [0.25, 0.3) is 22.4 Å². The van der Waals surface area contributed by atoms with Crippen LogP contribution >= 0.6 is 0 Å². The maximum absolute atomic E-state index is 11.1. The number of aryl methyl sites for hydroxylation is 1. The highest BCUT2D eigenvalue weighted by molar-refractivity contribution is 5.82. The van der Waals surface area contributed by atoms with Crippen LogP contribution in [0.4, 0.5) is 0 Å². The Kier molecular flexibility index (Phi) is 3.63. The van der Waals surface area contributed by atoms with Gasteiger partial charge in [0.25, 0.3) is 0 Å². The summed E-state index contributed by atoms with van der Waals surface area (Å²) >= 11 is 0. The van der Waals surface area contributed by atoms with Gasteiger partial charge < -0.3 is 9.67 Å². The molecule has 3 aromatic rings. The molecule has 0 amide bonds. The minimum atomic E-state index is -0.817. The number of fused-ring (bicyclic) bond motifs is 1. The van der Waals surface area contributed by atoms with E-state index in [1.807, 2.05) is 48.7 Å². The van der Waals surface area contributed by atoms with Gasteiger partial charge in [-0.15, -0.1) is 0 Å². The second kappa shape index (κ2) is 5.60. The molecule has 0 radical (unpaired) electrons. The van der Waals surface area contributed by atoms with Crippen LogP contribution < -0.4 is 0 Å². The van der Waals surface area contributed by atoms with Crippen LogP contribution in [0.1, 0.15) is 24.9 Å². The van der Waals surface area contributed by atoms with Gasteiger partial charge >= 0.3 is 5.97 Å². The highest BCUT2D eigenvalue weighted by Crippen LogP contribution is 2.29. The van der Waals surface area contributed by atoms with E-state index < -0.39 is 5.97 Å². The van der Waals surface area contributed by atoms with Gasteiger partial charge in [0.2, 0.25) is 0 Å². The smallest absolute Gasteiger partial charge is 0.305 e. The van der Waals surface area contributed by atoms with Crippen molar-refractivity contribution in [2.45, 2.75) is 26.3 Å². The Morgan fingerprint density at radius 3 is 2.68 bits per heavy atom. The van der Waals surface area contributed by atoms with Crippen molar-refractivity contribution in [3.63, 3.8) is 0 Å². The molecule has 1 unspecified atom stereocenters. The average Bonchev–Trinajstić information content (AvgIpc) is 2.86. The molecule has 0 aliphatic rings. The zero-order valence-electron chi connectivity index (χ0n) is 12.5. The molecule has 3 rings (SSSR count). The van der Waals surface area contributed by atoms with Crippen molar-refractivity contribution in [1.82, 2.24) is 14.5 Å². The van der Waals surface area contributed by atoms with Crippen LogP contribution in [0.3, 0.4) is 0 Å². The molecule has 0 saturated carbocycles. The third-order valence-electron chi connectivity index (χ3n) is 3.69. The Bertz CT molecular complexity index is 825. The predicted octanol–water partition coefficient (Wildman–Crippen LogP) is 3.44. The number of imidazole rings is 1. The Hall–Kier alpha value is -2.69. The lowest BCUT2D eigenvalue weighted by atomic mass is 10.2. The molecule has 0 saturated heterocycles. The maximum Gasteiger partial charge on any atom is 0.305 e. The SMILES string of the molecule is Cc1ccc2c(c1)nc(-c1ccncc1)n2C(C)CC(=O)O. The number of benzene rings is 1. The molecular formula is C17H17N3O2. The van der Waals surface area contributed by atoms with E-state index in [9.17, 15) is 4.79 Å². The lowest BCUT2D eigenvalue weighted by Gasteiger charge is -2.16. The van der Waals surface area contributed by atoms with E-state index in [1.54, 1.807) is 12.4 Å². The summed E-state index contributed by atoms with van der Waals surface area (Å²) in [6.07, 6.45) is 3.48. The Morgan fingerprint density at radius 1 is 1.27 bits per heavy atom. The molecular weight excluding hydrogens is 278 g/mol. The van der Waals surface area contributed by atoms with Gasteiger partial charge in [-0.3, -0.25) is 9.78 Å². The number of aromatic nitrogens is 3. The van der Waals surface area contributed by atoms with E-state index in [-0.39, 0.29) is 12.5 Å². The summed E-state index contributed by atoms with van der Waals surface area (Å²) in [5.74, 6) is -0.0427. The number of rotatable bonds is 4. The number of nitrogens with zero attached hydrogens (tertiary/aromatic N) is 3. The quantitative estimate of drug-likeness (QED) is 0.800. The largest absolute Gasteiger partial charge is 0.481 e. The minimum Gasteiger partial charge on any atom is -0.481 e. The zero-order chi connectivity index (χ0) is 15.7. The second-order valence-electron chi connectivity index (χ2n) is 5.48. The summed E-state index contributed by atoms with van der Waals surface area (Å²) in [7, 11) is 0. The lowest BCUT2D eigenvalue weighted by molar-refractivity contribution is -0.137. The summed E-state index contributed by atoms with van der Waals surface area (Å²) in [5.41, 5.74) is 3.89. The van der Waals surface area contributed by atoms with Crippen LogP contribution in [0.15, 0.2) is 42.7 Å². The Balaban J connectivity index is 2.23. The molecule has 5 nitrogen and oxygen atoms in total. The molecule has 1 N–H and O–H groups in total. The molecule has 0 spiro atoms. The van der Waals surface area contributed by atoms with Crippen LogP contribution in [0.2, 0.25) is 0 Å². The number of carboxylic acid groups (broad SMARTS) is 1. The first-order chi connectivity index (χ1) is 10.6. The maximum atomic E-state index is 11.1. The first kappa shape index (κ1) is 14.3. The van der Waals surface area contributed by atoms with Gasteiger partial charge in [-0.05, 0) is 43.7 Å². The van der Waals surface area contributed by atoms with Crippen molar-refractivity contribution < 1.29 is 9.90 Å². The van der Waals surface area contributed by atoms with E-state index >= 15 is 0 Å². The van der Waals surface area contributed by atoms with Gasteiger partial charge in [0.1, 0.15) is 5.82 Å². The van der Waals surface area contributed by atoms with Gasteiger partial charge in [-0.2, -0.15) is 0 Å². The van der Waals surface area contributed by atoms with Crippen LogP contribution in [-0.2, 0) is 4.79 Å². The number of aliphatic carboxylic acids is 1. The molecule has 0 fully saturated rings. The van der Waals surface area contributed by atoms with Crippen molar-refractivity contribution in [2.24, 2.45) is 0 Å². The molecule has 1 aromatic carbocycles. The fourth-order valence-electron chi connectivity index (χ4n) is 2.70. The fourth-order valence-corrected chi connectivity index (χ4v) is 2.70. The summed E-state index contributed by atoms with van der Waals surface area (Å²) in [6, 6.07) is 9.62. The van der Waals surface area contributed by atoms with Crippen molar-refractivity contribution in [3.05, 3.63) is 48.3 Å². The predicted molar refractivity (Wildman–Crippen MR) is 84.7 cm³/mol. The number of carbonyl (C=O) groups is 1. The highest BCUT2D eigenvalue weighted by atomic mass is 16.4. The van der Waals surface area contributed by atoms with Gasteiger partial charge in [-0.1, -0.05) is 6.07 Å². The zero-order valence-corrected chi connectivity index (χ0v) is 12.5. The van der Waals surface area contributed by atoms with Gasteiger partial charge in [-0.25, -0.2) is 4.98 Å². The second-order valence-corrected chi connectivity index (χ2v) is 5.48.